The molecule has 1 aromatic heterocycles. The molecule has 4 heteroatoms. The van der Waals surface area contributed by atoms with Crippen LogP contribution in [0.25, 0.3) is 5.69 Å². The zero-order chi connectivity index (χ0) is 9.97. The molecule has 2 aromatic rings. The maximum atomic E-state index is 5.60. The molecule has 0 radical (unpaired) electrons. The lowest BCUT2D eigenvalue weighted by atomic mass is 10.3. The van der Waals surface area contributed by atoms with Crippen molar-refractivity contribution in [2.24, 2.45) is 5.73 Å². The fourth-order valence-corrected chi connectivity index (χ4v) is 1.38. The van der Waals surface area contributed by atoms with Crippen LogP contribution in [-0.4, -0.2) is 9.78 Å². The average Bonchev–Trinajstić information content (AvgIpc) is 2.61. The van der Waals surface area contributed by atoms with Gasteiger partial charge in [0.2, 0.25) is 0 Å². The minimum Gasteiger partial charge on any atom is -0.382 e. The fourth-order valence-electron chi connectivity index (χ4n) is 1.38. The third kappa shape index (κ3) is 1.47. The van der Waals surface area contributed by atoms with Gasteiger partial charge in [0.15, 0.2) is 0 Å². The van der Waals surface area contributed by atoms with E-state index < -0.39 is 0 Å². The van der Waals surface area contributed by atoms with Gasteiger partial charge in [0.1, 0.15) is 5.82 Å². The van der Waals surface area contributed by atoms with Gasteiger partial charge in [-0.3, -0.25) is 0 Å². The molecule has 0 amide bonds. The van der Waals surface area contributed by atoms with Crippen LogP contribution in [0.4, 0.5) is 5.82 Å². The second kappa shape index (κ2) is 3.51. The Labute approximate surface area is 82.1 Å². The Morgan fingerprint density at radius 2 is 1.93 bits per heavy atom. The van der Waals surface area contributed by atoms with Gasteiger partial charge in [0.05, 0.1) is 11.4 Å². The summed E-state index contributed by atoms with van der Waals surface area (Å²) in [6, 6.07) is 11.6. The smallest absolute Gasteiger partial charge is 0.146 e. The third-order valence-corrected chi connectivity index (χ3v) is 2.01. The first-order valence-corrected chi connectivity index (χ1v) is 4.41. The molecule has 1 heterocycles. The first-order valence-electron chi connectivity index (χ1n) is 4.41. The van der Waals surface area contributed by atoms with Gasteiger partial charge in [-0.25, -0.2) is 4.68 Å². The molecule has 2 rings (SSSR count). The van der Waals surface area contributed by atoms with Crippen molar-refractivity contribution in [3.05, 3.63) is 42.1 Å². The quantitative estimate of drug-likeness (QED) is 0.736. The summed E-state index contributed by atoms with van der Waals surface area (Å²) in [4.78, 5) is 0. The molecule has 0 aliphatic heterocycles. The molecule has 1 aromatic carbocycles. The monoisotopic (exact) mass is 188 g/mol. The van der Waals surface area contributed by atoms with Crippen LogP contribution in [0.5, 0.6) is 0 Å². The number of hydrogen-bond donors (Lipinski definition) is 2. The first kappa shape index (κ1) is 8.77. The Morgan fingerprint density at radius 3 is 2.57 bits per heavy atom. The second-order valence-corrected chi connectivity index (χ2v) is 3.01. The van der Waals surface area contributed by atoms with E-state index in [-0.39, 0.29) is 0 Å². The molecule has 0 spiro atoms. The molecule has 0 saturated carbocycles. The Bertz CT molecular complexity index is 419. The van der Waals surface area contributed by atoms with E-state index >= 15 is 0 Å². The van der Waals surface area contributed by atoms with E-state index in [0.717, 1.165) is 11.4 Å². The van der Waals surface area contributed by atoms with Gasteiger partial charge in [-0.15, -0.1) is 0 Å². The highest BCUT2D eigenvalue weighted by molar-refractivity contribution is 5.38. The van der Waals surface area contributed by atoms with Crippen molar-refractivity contribution >= 4 is 5.82 Å². The summed E-state index contributed by atoms with van der Waals surface area (Å²) >= 11 is 0. The van der Waals surface area contributed by atoms with Crippen LogP contribution in [0.15, 0.2) is 36.4 Å². The average molecular weight is 188 g/mol. The van der Waals surface area contributed by atoms with Crippen molar-refractivity contribution in [1.82, 2.24) is 9.78 Å². The Balaban J connectivity index is 2.51. The fraction of sp³-hybridized carbons (Fsp3) is 0.100. The van der Waals surface area contributed by atoms with Gasteiger partial charge in [0.25, 0.3) is 0 Å². The minimum atomic E-state index is 0.430. The second-order valence-electron chi connectivity index (χ2n) is 3.01. The molecule has 72 valence electrons. The molecule has 14 heavy (non-hydrogen) atoms. The summed E-state index contributed by atoms with van der Waals surface area (Å²) in [5, 5.41) is 4.17. The van der Waals surface area contributed by atoms with Crippen molar-refractivity contribution in [3.8, 4) is 5.69 Å². The van der Waals surface area contributed by atoms with Crippen LogP contribution in [0, 0.1) is 0 Å². The molecule has 0 atom stereocenters. The lowest BCUT2D eigenvalue weighted by molar-refractivity contribution is 0.807. The van der Waals surface area contributed by atoms with E-state index in [1.165, 1.54) is 0 Å². The largest absolute Gasteiger partial charge is 0.382 e. The standard InChI is InChI=1S/C10H12N4/c11-7-9-6-10(12)13-14(9)8-4-2-1-3-5-8/h1-6H,7,11H2,(H2,12,13). The van der Waals surface area contributed by atoms with Gasteiger partial charge in [-0.1, -0.05) is 18.2 Å². The van der Waals surface area contributed by atoms with Crippen molar-refractivity contribution in [2.45, 2.75) is 6.54 Å². The highest BCUT2D eigenvalue weighted by atomic mass is 15.3. The van der Waals surface area contributed by atoms with E-state index in [2.05, 4.69) is 5.10 Å². The zero-order valence-corrected chi connectivity index (χ0v) is 7.72. The van der Waals surface area contributed by atoms with Crippen LogP contribution >= 0.6 is 0 Å². The minimum absolute atomic E-state index is 0.430. The summed E-state index contributed by atoms with van der Waals surface area (Å²) in [5.41, 5.74) is 13.1. The molecule has 0 fully saturated rings. The number of nitrogens with two attached hydrogens (primary N) is 2. The van der Waals surface area contributed by atoms with Gasteiger partial charge < -0.3 is 11.5 Å². The van der Waals surface area contributed by atoms with Crippen LogP contribution in [0.1, 0.15) is 5.69 Å². The van der Waals surface area contributed by atoms with Gasteiger partial charge >= 0.3 is 0 Å². The van der Waals surface area contributed by atoms with Crippen molar-refractivity contribution < 1.29 is 0 Å². The van der Waals surface area contributed by atoms with E-state index in [1.807, 2.05) is 30.3 Å². The molecular formula is C10H12N4. The number of nitrogens with zero attached hydrogens (tertiary/aromatic N) is 2. The zero-order valence-electron chi connectivity index (χ0n) is 7.72. The molecule has 0 aliphatic carbocycles. The number of benzene rings is 1. The van der Waals surface area contributed by atoms with E-state index in [4.69, 9.17) is 11.5 Å². The molecule has 0 aliphatic rings. The van der Waals surface area contributed by atoms with Crippen molar-refractivity contribution in [2.75, 3.05) is 5.73 Å². The highest BCUT2D eigenvalue weighted by Crippen LogP contribution is 2.12. The highest BCUT2D eigenvalue weighted by Gasteiger charge is 2.04. The molecule has 4 N–H and O–H groups in total. The number of anilines is 1. The van der Waals surface area contributed by atoms with Crippen molar-refractivity contribution in [1.29, 1.82) is 0 Å². The summed E-state index contributed by atoms with van der Waals surface area (Å²) in [6.45, 7) is 0.430. The lowest BCUT2D eigenvalue weighted by Gasteiger charge is -2.04. The molecule has 0 saturated heterocycles. The summed E-state index contributed by atoms with van der Waals surface area (Å²) in [5.74, 6) is 0.495. The summed E-state index contributed by atoms with van der Waals surface area (Å²) < 4.78 is 1.76. The molecule has 0 unspecified atom stereocenters. The van der Waals surface area contributed by atoms with Crippen LogP contribution in [0.2, 0.25) is 0 Å². The topological polar surface area (TPSA) is 69.9 Å². The lowest BCUT2D eigenvalue weighted by Crippen LogP contribution is -2.06. The van der Waals surface area contributed by atoms with Crippen molar-refractivity contribution in [3.63, 3.8) is 0 Å². The van der Waals surface area contributed by atoms with Gasteiger partial charge in [-0.05, 0) is 12.1 Å². The summed E-state index contributed by atoms with van der Waals surface area (Å²) in [7, 11) is 0. The predicted molar refractivity (Wildman–Crippen MR) is 55.9 cm³/mol. The number of rotatable bonds is 2. The normalized spacial score (nSPS) is 10.4. The Hall–Kier alpha value is -1.81. The molecule has 0 bridgehead atoms. The van der Waals surface area contributed by atoms with E-state index in [1.54, 1.807) is 10.7 Å². The van der Waals surface area contributed by atoms with Crippen LogP contribution in [-0.2, 0) is 6.54 Å². The number of hydrogen-bond acceptors (Lipinski definition) is 3. The van der Waals surface area contributed by atoms with Gasteiger partial charge in [-0.2, -0.15) is 5.10 Å². The van der Waals surface area contributed by atoms with Gasteiger partial charge in [0, 0.05) is 12.6 Å². The Morgan fingerprint density at radius 1 is 1.21 bits per heavy atom. The molecular weight excluding hydrogens is 176 g/mol. The first-order chi connectivity index (χ1) is 6.81. The number of aromatic nitrogens is 2. The van der Waals surface area contributed by atoms with Crippen LogP contribution < -0.4 is 11.5 Å². The maximum Gasteiger partial charge on any atom is 0.146 e. The number of nitrogen functional groups attached to an aromatic ring is 1. The Kier molecular flexibility index (Phi) is 2.20. The van der Waals surface area contributed by atoms with E-state index in [9.17, 15) is 0 Å². The van der Waals surface area contributed by atoms with Crippen LogP contribution in [0.3, 0.4) is 0 Å². The maximum absolute atomic E-state index is 5.60. The summed E-state index contributed by atoms with van der Waals surface area (Å²) in [6.07, 6.45) is 0. The SMILES string of the molecule is NCc1cc(N)nn1-c1ccccc1. The predicted octanol–water partition coefficient (Wildman–Crippen LogP) is 0.913. The molecule has 4 nitrogen and oxygen atoms in total. The number of para-hydroxylation sites is 1. The van der Waals surface area contributed by atoms with E-state index in [0.29, 0.717) is 12.4 Å². The third-order valence-electron chi connectivity index (χ3n) is 2.01.